The van der Waals surface area contributed by atoms with Crippen molar-refractivity contribution in [3.05, 3.63) is 87.9 Å². The van der Waals surface area contributed by atoms with Crippen molar-refractivity contribution in [1.82, 2.24) is 0 Å². The van der Waals surface area contributed by atoms with Gasteiger partial charge < -0.3 is 19.2 Å². The van der Waals surface area contributed by atoms with Crippen LogP contribution < -0.4 is 14.8 Å². The van der Waals surface area contributed by atoms with Crippen molar-refractivity contribution in [3.8, 4) is 22.6 Å². The quantitative estimate of drug-likeness (QED) is 0.180. The summed E-state index contributed by atoms with van der Waals surface area (Å²) in [5.41, 5.74) is 4.16. The smallest absolute Gasteiger partial charge is 0.271 e. The predicted octanol–water partition coefficient (Wildman–Crippen LogP) is 6.51. The van der Waals surface area contributed by atoms with Crippen molar-refractivity contribution in [2.45, 2.75) is 13.8 Å². The molecule has 0 aliphatic carbocycles. The van der Waals surface area contributed by atoms with Gasteiger partial charge >= 0.3 is 0 Å². The van der Waals surface area contributed by atoms with E-state index in [-0.39, 0.29) is 22.9 Å². The fraction of sp³-hybridized carbons (Fsp3) is 0.148. The lowest BCUT2D eigenvalue weighted by Crippen LogP contribution is -2.10. The van der Waals surface area contributed by atoms with E-state index in [0.29, 0.717) is 22.5 Å². The van der Waals surface area contributed by atoms with E-state index in [4.69, 9.17) is 13.9 Å². The zero-order valence-corrected chi connectivity index (χ0v) is 20.0. The number of amides is 1. The summed E-state index contributed by atoms with van der Waals surface area (Å²) >= 11 is 0. The Kier molecular flexibility index (Phi) is 6.73. The number of methoxy groups -OCH3 is 2. The summed E-state index contributed by atoms with van der Waals surface area (Å²) in [5.74, 6) is -0.0125. The predicted molar refractivity (Wildman–Crippen MR) is 135 cm³/mol. The molecule has 36 heavy (non-hydrogen) atoms. The third-order valence-electron chi connectivity index (χ3n) is 5.83. The van der Waals surface area contributed by atoms with Gasteiger partial charge in [-0.25, -0.2) is 4.39 Å². The molecule has 4 rings (SSSR count). The SMILES string of the molecule is COc1ccc([N+](=O)[O-])cc1NC(=O)/C=C(\C)c1cc2c(-c3ccc(F)cc3)coc2c(C)c1OC. The van der Waals surface area contributed by atoms with Crippen LogP contribution in [0.15, 0.2) is 65.3 Å². The Balaban J connectivity index is 1.74. The molecule has 4 aromatic rings. The lowest BCUT2D eigenvalue weighted by Gasteiger charge is -2.14. The molecular formula is C27H23FN2O6. The molecule has 8 nitrogen and oxygen atoms in total. The van der Waals surface area contributed by atoms with Crippen molar-refractivity contribution >= 4 is 33.8 Å². The van der Waals surface area contributed by atoms with Crippen LogP contribution in [0.25, 0.3) is 27.7 Å². The van der Waals surface area contributed by atoms with E-state index in [2.05, 4.69) is 5.32 Å². The van der Waals surface area contributed by atoms with Gasteiger partial charge in [-0.1, -0.05) is 12.1 Å². The van der Waals surface area contributed by atoms with Crippen LogP contribution in [0.2, 0.25) is 0 Å². The monoisotopic (exact) mass is 490 g/mol. The van der Waals surface area contributed by atoms with Crippen molar-refractivity contribution in [2.75, 3.05) is 19.5 Å². The minimum Gasteiger partial charge on any atom is -0.496 e. The van der Waals surface area contributed by atoms with Gasteiger partial charge in [-0.3, -0.25) is 14.9 Å². The molecule has 0 bridgehead atoms. The number of nitrogens with one attached hydrogen (secondary N) is 1. The summed E-state index contributed by atoms with van der Waals surface area (Å²) < 4.78 is 30.1. The summed E-state index contributed by atoms with van der Waals surface area (Å²) in [4.78, 5) is 23.4. The second kappa shape index (κ2) is 9.91. The Bertz CT molecular complexity index is 1510. The summed E-state index contributed by atoms with van der Waals surface area (Å²) in [6.07, 6.45) is 2.98. The number of carbonyl (C=O) groups is 1. The van der Waals surface area contributed by atoms with Crippen molar-refractivity contribution in [3.63, 3.8) is 0 Å². The highest BCUT2D eigenvalue weighted by atomic mass is 19.1. The first-order valence-corrected chi connectivity index (χ1v) is 10.9. The number of furan rings is 1. The first kappa shape index (κ1) is 24.5. The average Bonchev–Trinajstić information content (AvgIpc) is 3.28. The van der Waals surface area contributed by atoms with E-state index < -0.39 is 10.8 Å². The second-order valence-corrected chi connectivity index (χ2v) is 8.07. The zero-order valence-electron chi connectivity index (χ0n) is 20.0. The number of anilines is 1. The van der Waals surface area contributed by atoms with E-state index in [1.54, 1.807) is 25.3 Å². The fourth-order valence-corrected chi connectivity index (χ4v) is 4.08. The topological polar surface area (TPSA) is 104 Å². The number of ether oxygens (including phenoxy) is 2. The highest BCUT2D eigenvalue weighted by Crippen LogP contribution is 2.40. The number of nitro benzene ring substituents is 1. The van der Waals surface area contributed by atoms with E-state index in [0.717, 1.165) is 22.1 Å². The zero-order chi connectivity index (χ0) is 26.0. The van der Waals surface area contributed by atoms with E-state index in [9.17, 15) is 19.3 Å². The normalized spacial score (nSPS) is 11.4. The van der Waals surface area contributed by atoms with Gasteiger partial charge in [-0.2, -0.15) is 0 Å². The molecule has 184 valence electrons. The first-order chi connectivity index (χ1) is 17.2. The van der Waals surface area contributed by atoms with Gasteiger partial charge in [0.2, 0.25) is 5.91 Å². The third-order valence-corrected chi connectivity index (χ3v) is 5.83. The molecule has 0 saturated carbocycles. The van der Waals surface area contributed by atoms with Crippen LogP contribution in [-0.2, 0) is 4.79 Å². The van der Waals surface area contributed by atoms with E-state index in [1.807, 2.05) is 13.0 Å². The standard InChI is InChI=1S/C27H23FN2O6/c1-15(11-25(31)29-23-12-19(30(32)33)9-10-24(23)34-3)20-13-21-22(17-5-7-18(28)8-6-17)14-36-27(21)16(2)26(20)35-4/h5-14H,1-4H3,(H,29,31)/b15-11+. The number of nitrogens with zero attached hydrogens (tertiary/aromatic N) is 1. The van der Waals surface area contributed by atoms with E-state index >= 15 is 0 Å². The average molecular weight is 490 g/mol. The first-order valence-electron chi connectivity index (χ1n) is 10.9. The molecule has 0 saturated heterocycles. The number of nitro groups is 1. The largest absolute Gasteiger partial charge is 0.496 e. The van der Waals surface area contributed by atoms with Crippen LogP contribution in [0.4, 0.5) is 15.8 Å². The minimum absolute atomic E-state index is 0.174. The lowest BCUT2D eigenvalue weighted by molar-refractivity contribution is -0.384. The van der Waals surface area contributed by atoms with Gasteiger partial charge in [0.25, 0.3) is 5.69 Å². The molecule has 1 heterocycles. The lowest BCUT2D eigenvalue weighted by atomic mass is 9.96. The molecule has 9 heteroatoms. The van der Waals surface area contributed by atoms with Crippen LogP contribution in [0, 0.1) is 22.9 Å². The Morgan fingerprint density at radius 3 is 2.47 bits per heavy atom. The Morgan fingerprint density at radius 2 is 1.83 bits per heavy atom. The van der Waals surface area contributed by atoms with Crippen LogP contribution in [-0.4, -0.2) is 25.1 Å². The Labute approximate surface area is 206 Å². The number of fused-ring (bicyclic) bond motifs is 1. The van der Waals surface area contributed by atoms with Crippen molar-refractivity contribution in [2.24, 2.45) is 0 Å². The molecule has 1 aromatic heterocycles. The maximum Gasteiger partial charge on any atom is 0.271 e. The molecule has 1 amide bonds. The number of aryl methyl sites for hydroxylation is 1. The van der Waals surface area contributed by atoms with Gasteiger partial charge in [-0.05, 0) is 49.2 Å². The van der Waals surface area contributed by atoms with Crippen LogP contribution in [0.1, 0.15) is 18.1 Å². The molecule has 0 atom stereocenters. The number of hydrogen-bond donors (Lipinski definition) is 1. The number of non-ortho nitro benzene ring substituents is 1. The van der Waals surface area contributed by atoms with Crippen molar-refractivity contribution < 1.29 is 28.0 Å². The molecular weight excluding hydrogens is 467 g/mol. The van der Waals surface area contributed by atoms with E-state index in [1.165, 1.54) is 50.6 Å². The van der Waals surface area contributed by atoms with Gasteiger partial charge in [-0.15, -0.1) is 0 Å². The van der Waals surface area contributed by atoms with Gasteiger partial charge in [0, 0.05) is 40.3 Å². The molecule has 3 aromatic carbocycles. The number of allylic oxidation sites excluding steroid dienone is 1. The van der Waals surface area contributed by atoms with Gasteiger partial charge in [0.15, 0.2) is 0 Å². The molecule has 0 unspecified atom stereocenters. The highest BCUT2D eigenvalue weighted by molar-refractivity contribution is 6.06. The molecule has 0 aliphatic heterocycles. The summed E-state index contributed by atoms with van der Waals surface area (Å²) in [7, 11) is 2.94. The molecule has 0 aliphatic rings. The third kappa shape index (κ3) is 4.63. The van der Waals surface area contributed by atoms with Crippen molar-refractivity contribution in [1.29, 1.82) is 0 Å². The minimum atomic E-state index is -0.553. The maximum atomic E-state index is 13.4. The molecule has 0 fully saturated rings. The maximum absolute atomic E-state index is 13.4. The Hall–Kier alpha value is -4.66. The van der Waals surface area contributed by atoms with Gasteiger partial charge in [0.05, 0.1) is 31.1 Å². The summed E-state index contributed by atoms with van der Waals surface area (Å²) in [5, 5.41) is 14.6. The number of halogens is 1. The second-order valence-electron chi connectivity index (χ2n) is 8.07. The Morgan fingerprint density at radius 1 is 1.11 bits per heavy atom. The number of benzene rings is 3. The molecule has 0 spiro atoms. The number of carbonyl (C=O) groups excluding carboxylic acids is 1. The highest BCUT2D eigenvalue weighted by Gasteiger charge is 2.19. The molecule has 1 N–H and O–H groups in total. The van der Waals surface area contributed by atoms with Crippen LogP contribution >= 0.6 is 0 Å². The summed E-state index contributed by atoms with van der Waals surface area (Å²) in [6.45, 7) is 3.61. The van der Waals surface area contributed by atoms with Crippen LogP contribution in [0.5, 0.6) is 11.5 Å². The fourth-order valence-electron chi connectivity index (χ4n) is 4.08. The number of rotatable bonds is 7. The summed E-state index contributed by atoms with van der Waals surface area (Å²) in [6, 6.07) is 11.9. The van der Waals surface area contributed by atoms with Crippen LogP contribution in [0.3, 0.4) is 0 Å². The molecule has 0 radical (unpaired) electrons. The number of hydrogen-bond acceptors (Lipinski definition) is 6. The van der Waals surface area contributed by atoms with Gasteiger partial charge in [0.1, 0.15) is 22.9 Å².